The van der Waals surface area contributed by atoms with Crippen LogP contribution in [0.15, 0.2) is 66.7 Å². The maximum Gasteiger partial charge on any atom is 0.257 e. The number of amides is 1. The average Bonchev–Trinajstić information content (AvgIpc) is 3.16. The fraction of sp³-hybridized carbons (Fsp3) is 0.200. The molecule has 1 heterocycles. The van der Waals surface area contributed by atoms with E-state index in [0.29, 0.717) is 40.3 Å². The van der Waals surface area contributed by atoms with Crippen molar-refractivity contribution in [2.24, 2.45) is 0 Å². The van der Waals surface area contributed by atoms with Crippen LogP contribution in [0.25, 0.3) is 11.0 Å². The molecule has 0 aliphatic carbocycles. The summed E-state index contributed by atoms with van der Waals surface area (Å²) >= 11 is 18.7. The summed E-state index contributed by atoms with van der Waals surface area (Å²) in [4.78, 5) is 16.9. The second kappa shape index (κ2) is 10.9. The number of para-hydroxylation sites is 2. The molecule has 5 nitrogen and oxygen atoms in total. The zero-order valence-corrected chi connectivity index (χ0v) is 20.0. The van der Waals surface area contributed by atoms with Crippen LogP contribution in [-0.2, 0) is 17.8 Å². The van der Waals surface area contributed by atoms with E-state index < -0.39 is 0 Å². The van der Waals surface area contributed by atoms with Crippen molar-refractivity contribution in [2.75, 3.05) is 13.2 Å². The zero-order chi connectivity index (χ0) is 23.2. The number of aryl methyl sites for hydroxylation is 1. The Balaban J connectivity index is 1.37. The maximum atomic E-state index is 12.1. The van der Waals surface area contributed by atoms with Gasteiger partial charge in [0.1, 0.15) is 11.6 Å². The quantitative estimate of drug-likeness (QED) is 0.278. The van der Waals surface area contributed by atoms with Gasteiger partial charge >= 0.3 is 0 Å². The molecule has 0 atom stereocenters. The number of nitrogens with one attached hydrogen (secondary N) is 1. The summed E-state index contributed by atoms with van der Waals surface area (Å²) < 4.78 is 7.61. The number of ether oxygens (including phenoxy) is 1. The molecule has 170 valence electrons. The van der Waals surface area contributed by atoms with Gasteiger partial charge in [-0.1, -0.05) is 53.0 Å². The SMILES string of the molecule is O=C(COc1ccc(Cl)cc1)NCCCc1nc2ccccc2n1Cc1c(Cl)cccc1Cl. The van der Waals surface area contributed by atoms with E-state index in [2.05, 4.69) is 9.88 Å². The molecular formula is C25H22Cl3N3O2. The maximum absolute atomic E-state index is 12.1. The summed E-state index contributed by atoms with van der Waals surface area (Å²) in [6.07, 6.45) is 1.42. The number of carbonyl (C=O) groups excluding carboxylic acids is 1. The molecule has 1 amide bonds. The van der Waals surface area contributed by atoms with Crippen LogP contribution in [0.4, 0.5) is 0 Å². The third-order valence-corrected chi connectivity index (χ3v) is 6.15. The molecule has 0 aliphatic rings. The minimum absolute atomic E-state index is 0.0504. The lowest BCUT2D eigenvalue weighted by Gasteiger charge is -2.12. The molecule has 0 radical (unpaired) electrons. The number of hydrogen-bond acceptors (Lipinski definition) is 3. The van der Waals surface area contributed by atoms with Gasteiger partial charge in [-0.15, -0.1) is 0 Å². The highest BCUT2D eigenvalue weighted by Gasteiger charge is 2.14. The number of nitrogens with zero attached hydrogens (tertiary/aromatic N) is 2. The predicted molar refractivity (Wildman–Crippen MR) is 134 cm³/mol. The van der Waals surface area contributed by atoms with Crippen molar-refractivity contribution in [2.45, 2.75) is 19.4 Å². The lowest BCUT2D eigenvalue weighted by molar-refractivity contribution is -0.123. The average molecular weight is 503 g/mol. The van der Waals surface area contributed by atoms with Crippen molar-refractivity contribution in [3.8, 4) is 5.75 Å². The number of halogens is 3. The Bertz CT molecular complexity index is 1240. The number of aromatic nitrogens is 2. The Labute approximate surface area is 207 Å². The van der Waals surface area contributed by atoms with E-state index in [1.165, 1.54) is 0 Å². The normalized spacial score (nSPS) is 11.0. The molecule has 4 aromatic rings. The van der Waals surface area contributed by atoms with Gasteiger partial charge in [-0.3, -0.25) is 4.79 Å². The molecule has 0 saturated carbocycles. The van der Waals surface area contributed by atoms with Crippen LogP contribution in [-0.4, -0.2) is 28.6 Å². The second-order valence-corrected chi connectivity index (χ2v) is 8.75. The van der Waals surface area contributed by atoms with Crippen LogP contribution < -0.4 is 10.1 Å². The number of carbonyl (C=O) groups is 1. The molecule has 4 rings (SSSR count). The molecular weight excluding hydrogens is 481 g/mol. The van der Waals surface area contributed by atoms with Crippen molar-refractivity contribution in [1.82, 2.24) is 14.9 Å². The first-order valence-corrected chi connectivity index (χ1v) is 11.7. The van der Waals surface area contributed by atoms with E-state index >= 15 is 0 Å². The fourth-order valence-corrected chi connectivity index (χ4v) is 4.18. The van der Waals surface area contributed by atoms with E-state index in [9.17, 15) is 4.79 Å². The summed E-state index contributed by atoms with van der Waals surface area (Å²) in [5.41, 5.74) is 2.79. The second-order valence-electron chi connectivity index (χ2n) is 7.50. The molecule has 1 aromatic heterocycles. The molecule has 0 spiro atoms. The van der Waals surface area contributed by atoms with Gasteiger partial charge in [0.05, 0.1) is 17.6 Å². The van der Waals surface area contributed by atoms with Gasteiger partial charge < -0.3 is 14.6 Å². The molecule has 1 N–H and O–H groups in total. The first kappa shape index (κ1) is 23.4. The number of imidazole rings is 1. The van der Waals surface area contributed by atoms with Crippen molar-refractivity contribution >= 4 is 51.7 Å². The standard InChI is InChI=1S/C25H22Cl3N3O2/c26-17-10-12-18(13-11-17)33-16-25(32)29-14-4-9-24-30-22-7-1-2-8-23(22)31(24)15-19-20(27)5-3-6-21(19)28/h1-3,5-8,10-13H,4,9,14-16H2,(H,29,32). The van der Waals surface area contributed by atoms with Crippen LogP contribution in [0, 0.1) is 0 Å². The zero-order valence-electron chi connectivity index (χ0n) is 17.7. The van der Waals surface area contributed by atoms with Gasteiger partial charge in [-0.2, -0.15) is 0 Å². The molecule has 0 aliphatic heterocycles. The highest BCUT2D eigenvalue weighted by molar-refractivity contribution is 6.36. The van der Waals surface area contributed by atoms with Gasteiger partial charge in [0.2, 0.25) is 0 Å². The summed E-state index contributed by atoms with van der Waals surface area (Å²) in [5.74, 6) is 1.33. The van der Waals surface area contributed by atoms with Crippen molar-refractivity contribution < 1.29 is 9.53 Å². The van der Waals surface area contributed by atoms with Crippen molar-refractivity contribution in [3.63, 3.8) is 0 Å². The lowest BCUT2D eigenvalue weighted by Crippen LogP contribution is -2.30. The Morgan fingerprint density at radius 1 is 0.939 bits per heavy atom. The largest absolute Gasteiger partial charge is 0.484 e. The van der Waals surface area contributed by atoms with E-state index in [1.807, 2.05) is 42.5 Å². The molecule has 0 fully saturated rings. The summed E-state index contributed by atoms with van der Waals surface area (Å²) in [7, 11) is 0. The minimum atomic E-state index is -0.179. The van der Waals surface area contributed by atoms with Crippen LogP contribution in [0.2, 0.25) is 15.1 Å². The lowest BCUT2D eigenvalue weighted by atomic mass is 10.2. The predicted octanol–water partition coefficient (Wildman–Crippen LogP) is 6.17. The van der Waals surface area contributed by atoms with Crippen molar-refractivity contribution in [3.05, 3.63) is 93.2 Å². The third-order valence-electron chi connectivity index (χ3n) is 5.19. The third kappa shape index (κ3) is 5.99. The molecule has 0 saturated heterocycles. The van der Waals surface area contributed by atoms with E-state index in [4.69, 9.17) is 44.5 Å². The smallest absolute Gasteiger partial charge is 0.257 e. The molecule has 0 bridgehead atoms. The van der Waals surface area contributed by atoms with Gasteiger partial charge in [-0.05, 0) is 55.0 Å². The summed E-state index contributed by atoms with van der Waals surface area (Å²) in [6, 6.07) is 20.4. The van der Waals surface area contributed by atoms with Crippen LogP contribution >= 0.6 is 34.8 Å². The highest BCUT2D eigenvalue weighted by Crippen LogP contribution is 2.27. The Morgan fingerprint density at radius 3 is 2.42 bits per heavy atom. The molecule has 3 aromatic carbocycles. The summed E-state index contributed by atoms with van der Waals surface area (Å²) in [6.45, 7) is 0.986. The number of benzene rings is 3. The van der Waals surface area contributed by atoms with E-state index in [1.54, 1.807) is 24.3 Å². The minimum Gasteiger partial charge on any atom is -0.484 e. The Hall–Kier alpha value is -2.73. The van der Waals surface area contributed by atoms with Crippen molar-refractivity contribution in [1.29, 1.82) is 0 Å². The summed E-state index contributed by atoms with van der Waals surface area (Å²) in [5, 5.41) is 4.75. The first-order valence-electron chi connectivity index (χ1n) is 10.5. The fourth-order valence-electron chi connectivity index (χ4n) is 3.54. The molecule has 8 heteroatoms. The Kier molecular flexibility index (Phi) is 7.76. The van der Waals surface area contributed by atoms with Crippen LogP contribution in [0.3, 0.4) is 0 Å². The highest BCUT2D eigenvalue weighted by atomic mass is 35.5. The first-order chi connectivity index (χ1) is 16.0. The Morgan fingerprint density at radius 2 is 1.67 bits per heavy atom. The molecule has 33 heavy (non-hydrogen) atoms. The van der Waals surface area contributed by atoms with E-state index in [0.717, 1.165) is 28.8 Å². The van der Waals surface area contributed by atoms with Gasteiger partial charge in [0.25, 0.3) is 5.91 Å². The van der Waals surface area contributed by atoms with Gasteiger partial charge in [0, 0.05) is 33.6 Å². The number of fused-ring (bicyclic) bond motifs is 1. The number of rotatable bonds is 9. The van der Waals surface area contributed by atoms with Gasteiger partial charge in [-0.25, -0.2) is 4.98 Å². The van der Waals surface area contributed by atoms with Gasteiger partial charge in [0.15, 0.2) is 6.61 Å². The number of hydrogen-bond donors (Lipinski definition) is 1. The van der Waals surface area contributed by atoms with E-state index in [-0.39, 0.29) is 12.5 Å². The molecule has 0 unspecified atom stereocenters. The van der Waals surface area contributed by atoms with Crippen LogP contribution in [0.1, 0.15) is 17.8 Å². The van der Waals surface area contributed by atoms with Crippen LogP contribution in [0.5, 0.6) is 5.75 Å². The topological polar surface area (TPSA) is 56.1 Å². The monoisotopic (exact) mass is 501 g/mol.